The van der Waals surface area contributed by atoms with E-state index in [2.05, 4.69) is 21.2 Å². The number of aromatic nitrogens is 2. The second-order valence-corrected chi connectivity index (χ2v) is 10.4. The zero-order chi connectivity index (χ0) is 26.6. The predicted octanol–water partition coefficient (Wildman–Crippen LogP) is 5.87. The summed E-state index contributed by atoms with van der Waals surface area (Å²) < 4.78 is 22.4. The first kappa shape index (κ1) is 26.1. The molecule has 1 unspecified atom stereocenters. The van der Waals surface area contributed by atoms with E-state index in [1.54, 1.807) is 21.7 Å². The monoisotopic (exact) mass is 594 g/mol. The Labute approximate surface area is 232 Å². The van der Waals surface area contributed by atoms with Crippen molar-refractivity contribution in [1.29, 1.82) is 0 Å². The first-order valence-corrected chi connectivity index (χ1v) is 13.6. The van der Waals surface area contributed by atoms with Crippen LogP contribution in [0, 0.1) is 5.82 Å². The lowest BCUT2D eigenvalue weighted by atomic mass is 10.1. The summed E-state index contributed by atoms with van der Waals surface area (Å²) in [6.07, 6.45) is 1.82. The Kier molecular flexibility index (Phi) is 7.92. The van der Waals surface area contributed by atoms with Crippen molar-refractivity contribution in [2.45, 2.75) is 17.5 Å². The largest absolute Gasteiger partial charge is 0.387 e. The number of anilines is 1. The van der Waals surface area contributed by atoms with Gasteiger partial charge < -0.3 is 15.0 Å². The van der Waals surface area contributed by atoms with Gasteiger partial charge in [0, 0.05) is 46.0 Å². The van der Waals surface area contributed by atoms with E-state index in [9.17, 15) is 14.0 Å². The normalized spacial score (nSPS) is 15.2. The summed E-state index contributed by atoms with van der Waals surface area (Å²) in [5.41, 5.74) is 5.58. The van der Waals surface area contributed by atoms with Gasteiger partial charge in [-0.25, -0.2) is 9.07 Å². The number of hydrogen-bond donors (Lipinski definition) is 1. The number of hydrogen-bond acceptors (Lipinski definition) is 6. The van der Waals surface area contributed by atoms with E-state index in [0.717, 1.165) is 54.8 Å². The molecule has 10 heteroatoms. The van der Waals surface area contributed by atoms with Gasteiger partial charge in [0.15, 0.2) is 11.8 Å². The van der Waals surface area contributed by atoms with E-state index < -0.39 is 6.23 Å². The maximum atomic E-state index is 13.7. The van der Waals surface area contributed by atoms with Crippen LogP contribution in [0.3, 0.4) is 0 Å². The fourth-order valence-corrected chi connectivity index (χ4v) is 5.21. The van der Waals surface area contributed by atoms with Crippen molar-refractivity contribution >= 4 is 44.9 Å². The number of nitrogens with zero attached hydrogens (tertiary/aromatic N) is 3. The molecule has 0 spiro atoms. The number of halogens is 2. The first-order chi connectivity index (χ1) is 18.5. The van der Waals surface area contributed by atoms with Crippen LogP contribution in [0.15, 0.2) is 82.3 Å². The Morgan fingerprint density at radius 2 is 1.92 bits per heavy atom. The predicted molar refractivity (Wildman–Crippen MR) is 149 cm³/mol. The van der Waals surface area contributed by atoms with Crippen LogP contribution in [0.4, 0.5) is 10.1 Å². The fourth-order valence-electron chi connectivity index (χ4n) is 4.41. The van der Waals surface area contributed by atoms with Crippen LogP contribution in [0.1, 0.15) is 17.4 Å². The lowest BCUT2D eigenvalue weighted by Crippen LogP contribution is -2.30. The number of thioether (sulfide) groups is 1. The molecule has 38 heavy (non-hydrogen) atoms. The Balaban J connectivity index is 1.46. The van der Waals surface area contributed by atoms with E-state index in [-0.39, 0.29) is 18.3 Å². The Bertz CT molecular complexity index is 1460. The molecule has 0 bridgehead atoms. The maximum absolute atomic E-state index is 13.7. The van der Waals surface area contributed by atoms with Crippen LogP contribution >= 0.6 is 27.7 Å². The lowest BCUT2D eigenvalue weighted by molar-refractivity contribution is -0.128. The molecular formula is C28H24BrFN4O3S. The van der Waals surface area contributed by atoms with E-state index >= 15 is 0 Å². The van der Waals surface area contributed by atoms with Crippen LogP contribution in [0.5, 0.6) is 0 Å². The van der Waals surface area contributed by atoms with E-state index in [4.69, 9.17) is 9.84 Å². The minimum Gasteiger partial charge on any atom is -0.387 e. The average molecular weight is 595 g/mol. The summed E-state index contributed by atoms with van der Waals surface area (Å²) in [6, 6.07) is 19.7. The van der Waals surface area contributed by atoms with E-state index in [1.807, 2.05) is 55.7 Å². The quantitative estimate of drug-likeness (QED) is 0.193. The zero-order valence-electron chi connectivity index (χ0n) is 20.4. The first-order valence-electron chi connectivity index (χ1n) is 11.9. The van der Waals surface area contributed by atoms with Crippen molar-refractivity contribution in [2.75, 3.05) is 25.5 Å². The molecule has 1 aromatic heterocycles. The molecule has 7 nitrogen and oxygen atoms in total. The van der Waals surface area contributed by atoms with Crippen molar-refractivity contribution in [3.8, 4) is 16.9 Å². The molecule has 4 aromatic rings. The molecular weight excluding hydrogens is 571 g/mol. The minimum absolute atomic E-state index is 0.0341. The fraction of sp³-hybridized carbons (Fsp3) is 0.179. The molecule has 1 aliphatic heterocycles. The highest BCUT2D eigenvalue weighted by atomic mass is 79.9. The average Bonchev–Trinajstić information content (AvgIpc) is 3.52. The number of benzene rings is 3. The third-order valence-electron chi connectivity index (χ3n) is 6.32. The van der Waals surface area contributed by atoms with Gasteiger partial charge in [-0.05, 0) is 72.6 Å². The number of carbonyl (C=O) groups excluding carboxylic acids is 2. The molecule has 1 aliphatic rings. The third kappa shape index (κ3) is 5.52. The highest BCUT2D eigenvalue weighted by Crippen LogP contribution is 2.36. The van der Waals surface area contributed by atoms with Crippen molar-refractivity contribution in [3.63, 3.8) is 0 Å². The molecule has 0 radical (unpaired) electrons. The molecule has 194 valence electrons. The third-order valence-corrected chi connectivity index (χ3v) is 7.55. The number of carbonyl (C=O) groups is 2. The summed E-state index contributed by atoms with van der Waals surface area (Å²) in [5.74, 6) is -0.450. The molecule has 1 N–H and O–H groups in total. The van der Waals surface area contributed by atoms with Gasteiger partial charge in [0.2, 0.25) is 0 Å². The number of amides is 1. The smallest absolute Gasteiger partial charge is 0.250 e. The number of nitrogens with one attached hydrogen (secondary N) is 1. The van der Waals surface area contributed by atoms with Gasteiger partial charge >= 0.3 is 0 Å². The molecule has 1 amide bonds. The van der Waals surface area contributed by atoms with Crippen molar-refractivity contribution in [2.24, 2.45) is 0 Å². The molecule has 3 aromatic carbocycles. The van der Waals surface area contributed by atoms with Gasteiger partial charge in [0.1, 0.15) is 18.1 Å². The van der Waals surface area contributed by atoms with Crippen molar-refractivity contribution in [1.82, 2.24) is 14.7 Å². The van der Waals surface area contributed by atoms with Gasteiger partial charge in [-0.15, -0.1) is 0 Å². The summed E-state index contributed by atoms with van der Waals surface area (Å²) in [5, 5.41) is 7.92. The Hall–Kier alpha value is -3.47. The highest BCUT2D eigenvalue weighted by Gasteiger charge is 2.36. The molecule has 0 saturated carbocycles. The zero-order valence-corrected chi connectivity index (χ0v) is 22.8. The van der Waals surface area contributed by atoms with Crippen molar-refractivity contribution < 1.29 is 18.7 Å². The minimum atomic E-state index is -0.639. The Morgan fingerprint density at radius 3 is 2.63 bits per heavy atom. The molecule has 0 aliphatic carbocycles. The van der Waals surface area contributed by atoms with Crippen LogP contribution < -0.4 is 5.32 Å². The summed E-state index contributed by atoms with van der Waals surface area (Å²) in [7, 11) is 1.81. The topological polar surface area (TPSA) is 76.5 Å². The van der Waals surface area contributed by atoms with Gasteiger partial charge in [-0.3, -0.25) is 9.59 Å². The van der Waals surface area contributed by atoms with Crippen LogP contribution in [0.25, 0.3) is 16.9 Å². The van der Waals surface area contributed by atoms with E-state index in [1.165, 1.54) is 12.1 Å². The van der Waals surface area contributed by atoms with E-state index in [0.29, 0.717) is 18.7 Å². The molecule has 1 atom stereocenters. The molecule has 1 fully saturated rings. The summed E-state index contributed by atoms with van der Waals surface area (Å²) in [6.45, 7) is 0.396. The SMILES string of the molecule is CNc1cc(CCN2C(=O)COC2c2cn(-c3ccc(Br)cc3)nc2-c2ccc(F)cc2)ccc1SC=O. The van der Waals surface area contributed by atoms with Gasteiger partial charge in [0.05, 0.1) is 5.69 Å². The van der Waals surface area contributed by atoms with Gasteiger partial charge in [0.25, 0.3) is 5.91 Å². The summed E-state index contributed by atoms with van der Waals surface area (Å²) >= 11 is 4.57. The molecule has 1 saturated heterocycles. The van der Waals surface area contributed by atoms with Crippen molar-refractivity contribution in [3.05, 3.63) is 94.3 Å². The standard InChI is InChI=1S/C28H24BrFN4O3S/c1-31-24-14-18(2-11-25(24)38-17-35)12-13-33-26(36)16-37-28(33)23-15-34(22-9-5-20(29)6-10-22)32-27(23)19-3-7-21(30)8-4-19/h2-11,14-15,17,28,31H,12-13,16H2,1H3. The molecule has 2 heterocycles. The number of ether oxygens (including phenoxy) is 1. The van der Waals surface area contributed by atoms with Crippen LogP contribution in [0.2, 0.25) is 0 Å². The summed E-state index contributed by atoms with van der Waals surface area (Å²) in [4.78, 5) is 26.4. The highest BCUT2D eigenvalue weighted by molar-refractivity contribution is 9.10. The molecule has 5 rings (SSSR count). The van der Waals surface area contributed by atoms with Crippen LogP contribution in [-0.4, -0.2) is 46.4 Å². The lowest BCUT2D eigenvalue weighted by Gasteiger charge is -2.23. The second kappa shape index (κ2) is 11.5. The second-order valence-electron chi connectivity index (χ2n) is 8.66. The van der Waals surface area contributed by atoms with Gasteiger partial charge in [-0.1, -0.05) is 33.8 Å². The van der Waals surface area contributed by atoms with Gasteiger partial charge in [-0.2, -0.15) is 5.10 Å². The number of rotatable bonds is 9. The van der Waals surface area contributed by atoms with Crippen LogP contribution in [-0.2, 0) is 20.7 Å². The maximum Gasteiger partial charge on any atom is 0.250 e. The Morgan fingerprint density at radius 1 is 1.16 bits per heavy atom.